The first-order valence-electron chi connectivity index (χ1n) is 10.5. The summed E-state index contributed by atoms with van der Waals surface area (Å²) in [4.78, 5) is 38.6. The highest BCUT2D eigenvalue weighted by molar-refractivity contribution is 7.07. The van der Waals surface area contributed by atoms with Gasteiger partial charge in [0.2, 0.25) is 5.91 Å². The predicted octanol–water partition coefficient (Wildman–Crippen LogP) is 4.04. The molecule has 1 amide bonds. The van der Waals surface area contributed by atoms with Crippen molar-refractivity contribution in [1.29, 1.82) is 0 Å². The number of ketones is 1. The molecule has 3 aromatic rings. The van der Waals surface area contributed by atoms with Gasteiger partial charge in [0.05, 0.1) is 4.53 Å². The van der Waals surface area contributed by atoms with Gasteiger partial charge in [-0.2, -0.15) is 0 Å². The fourth-order valence-corrected chi connectivity index (χ4v) is 4.16. The molecule has 0 unspecified atom stereocenters. The summed E-state index contributed by atoms with van der Waals surface area (Å²) in [6.07, 6.45) is 3.19. The summed E-state index contributed by atoms with van der Waals surface area (Å²) in [5.74, 6) is -0.459. The largest absolute Gasteiger partial charge is 0.325 e. The van der Waals surface area contributed by atoms with Crippen molar-refractivity contribution >= 4 is 52.5 Å². The lowest BCUT2D eigenvalue weighted by Gasteiger charge is -2.13. The second kappa shape index (κ2) is 9.89. The molecule has 0 fully saturated rings. The Kier molecular flexibility index (Phi) is 7.40. The highest BCUT2D eigenvalue weighted by Crippen LogP contribution is 2.15. The first kappa shape index (κ1) is 24.7. The maximum atomic E-state index is 13.2. The smallest absolute Gasteiger partial charge is 0.269 e. The molecule has 1 heterocycles. The van der Waals surface area contributed by atoms with Crippen molar-refractivity contribution in [2.45, 2.75) is 41.2 Å². The van der Waals surface area contributed by atoms with Crippen LogP contribution < -0.4 is 20.1 Å². The fraction of sp³-hybridized carbons (Fsp3) is 0.269. The zero-order chi connectivity index (χ0) is 24.3. The van der Waals surface area contributed by atoms with Crippen LogP contribution >= 0.6 is 22.9 Å². The normalized spacial score (nSPS) is 12.8. The highest BCUT2D eigenvalue weighted by atomic mass is 35.5. The summed E-state index contributed by atoms with van der Waals surface area (Å²) >= 11 is 7.14. The number of aromatic nitrogens is 1. The molecule has 3 rings (SSSR count). The molecule has 7 heteroatoms. The Balaban J connectivity index is 2.03. The van der Waals surface area contributed by atoms with Crippen molar-refractivity contribution < 1.29 is 9.59 Å². The van der Waals surface area contributed by atoms with Crippen LogP contribution in [0.2, 0.25) is 5.02 Å². The van der Waals surface area contributed by atoms with E-state index in [2.05, 4.69) is 5.32 Å². The second-order valence-corrected chi connectivity index (χ2v) is 10.5. The van der Waals surface area contributed by atoms with Crippen LogP contribution in [-0.2, 0) is 16.1 Å². The van der Waals surface area contributed by atoms with Gasteiger partial charge in [-0.05, 0) is 60.9 Å². The Morgan fingerprint density at radius 3 is 2.33 bits per heavy atom. The molecule has 33 heavy (non-hydrogen) atoms. The van der Waals surface area contributed by atoms with E-state index in [1.54, 1.807) is 18.2 Å². The third-order valence-electron chi connectivity index (χ3n) is 5.19. The minimum absolute atomic E-state index is 0.120. The predicted molar refractivity (Wildman–Crippen MR) is 136 cm³/mol. The van der Waals surface area contributed by atoms with Gasteiger partial charge in [-0.1, -0.05) is 50.6 Å². The van der Waals surface area contributed by atoms with Crippen LogP contribution in [0.5, 0.6) is 0 Å². The molecule has 0 aliphatic heterocycles. The fourth-order valence-electron chi connectivity index (χ4n) is 3.00. The third-order valence-corrected chi connectivity index (χ3v) is 6.50. The van der Waals surface area contributed by atoms with E-state index >= 15 is 0 Å². The Bertz CT molecular complexity index is 1380. The van der Waals surface area contributed by atoms with E-state index in [0.29, 0.717) is 19.9 Å². The third kappa shape index (κ3) is 6.30. The van der Waals surface area contributed by atoms with Gasteiger partial charge >= 0.3 is 0 Å². The summed E-state index contributed by atoms with van der Waals surface area (Å²) in [5.41, 5.74) is 2.73. The molecule has 0 saturated heterocycles. The van der Waals surface area contributed by atoms with Crippen LogP contribution in [0.15, 0.2) is 47.3 Å². The lowest BCUT2D eigenvalue weighted by Crippen LogP contribution is -2.36. The van der Waals surface area contributed by atoms with Crippen LogP contribution in [0.1, 0.15) is 37.5 Å². The molecule has 1 N–H and O–H groups in total. The lowest BCUT2D eigenvalue weighted by atomic mass is 9.91. The molecule has 0 bridgehead atoms. The van der Waals surface area contributed by atoms with Gasteiger partial charge in [-0.15, -0.1) is 11.3 Å². The molecule has 172 valence electrons. The summed E-state index contributed by atoms with van der Waals surface area (Å²) in [7, 11) is 0. The zero-order valence-electron chi connectivity index (χ0n) is 19.4. The van der Waals surface area contributed by atoms with Gasteiger partial charge in [-0.25, -0.2) is 0 Å². The standard InChI is InChI=1S/C26H27ClN2O3S/c1-16-6-11-20(12-17(16)2)28-23(31)15-29-24(14-22(30)26(3,4)5)33-21(25(29)32)13-18-7-9-19(27)10-8-18/h6-14H,15H2,1-5H3,(H,28,31). The molecular formula is C26H27ClN2O3S. The Labute approximate surface area is 202 Å². The molecule has 0 radical (unpaired) electrons. The first-order valence-corrected chi connectivity index (χ1v) is 11.7. The summed E-state index contributed by atoms with van der Waals surface area (Å²) < 4.78 is 2.23. The molecule has 1 aromatic heterocycles. The minimum Gasteiger partial charge on any atom is -0.325 e. The van der Waals surface area contributed by atoms with E-state index in [4.69, 9.17) is 11.6 Å². The summed E-state index contributed by atoms with van der Waals surface area (Å²) in [6, 6.07) is 12.7. The summed E-state index contributed by atoms with van der Waals surface area (Å²) in [5, 5.41) is 3.44. The van der Waals surface area contributed by atoms with Crippen LogP contribution in [0.3, 0.4) is 0 Å². The molecule has 0 spiro atoms. The number of anilines is 1. The number of benzene rings is 2. The number of hydrogen-bond donors (Lipinski definition) is 1. The Hall–Kier alpha value is -2.96. The lowest BCUT2D eigenvalue weighted by molar-refractivity contribution is -0.120. The number of Topliss-reactive ketones (excluding diaryl/α,β-unsaturated/α-hetero) is 1. The van der Waals surface area contributed by atoms with Crippen LogP contribution in [0.4, 0.5) is 5.69 Å². The van der Waals surface area contributed by atoms with Crippen molar-refractivity contribution in [3.8, 4) is 0 Å². The Morgan fingerprint density at radius 1 is 1.06 bits per heavy atom. The van der Waals surface area contributed by atoms with Gasteiger partial charge < -0.3 is 5.32 Å². The number of hydrogen-bond acceptors (Lipinski definition) is 4. The van der Waals surface area contributed by atoms with Gasteiger partial charge in [0.1, 0.15) is 11.2 Å². The highest BCUT2D eigenvalue weighted by Gasteiger charge is 2.20. The topological polar surface area (TPSA) is 68.2 Å². The maximum absolute atomic E-state index is 13.2. The van der Waals surface area contributed by atoms with E-state index in [1.165, 1.54) is 22.0 Å². The second-order valence-electron chi connectivity index (χ2n) is 9.00. The SMILES string of the molecule is Cc1ccc(NC(=O)Cn2c(=CC(=O)C(C)(C)C)sc(=Cc3ccc(Cl)cc3)c2=O)cc1C. The van der Waals surface area contributed by atoms with Crippen molar-refractivity contribution in [2.24, 2.45) is 5.41 Å². The molecule has 0 atom stereocenters. The zero-order valence-corrected chi connectivity index (χ0v) is 20.9. The molecule has 0 aliphatic carbocycles. The maximum Gasteiger partial charge on any atom is 0.269 e. The van der Waals surface area contributed by atoms with E-state index < -0.39 is 5.41 Å². The van der Waals surface area contributed by atoms with E-state index in [-0.39, 0.29) is 23.8 Å². The quantitative estimate of drug-likeness (QED) is 0.596. The van der Waals surface area contributed by atoms with Crippen LogP contribution in [0.25, 0.3) is 12.2 Å². The number of carbonyl (C=O) groups excluding carboxylic acids is 2. The van der Waals surface area contributed by atoms with Crippen molar-refractivity contribution in [1.82, 2.24) is 4.57 Å². The van der Waals surface area contributed by atoms with Crippen LogP contribution in [0, 0.1) is 19.3 Å². The number of rotatable bonds is 5. The molecule has 2 aromatic carbocycles. The first-order chi connectivity index (χ1) is 15.4. The summed E-state index contributed by atoms with van der Waals surface area (Å²) in [6.45, 7) is 9.22. The van der Waals surface area contributed by atoms with Gasteiger partial charge in [-0.3, -0.25) is 19.0 Å². The number of nitrogens with zero attached hydrogens (tertiary/aromatic N) is 1. The van der Waals surface area contributed by atoms with Gasteiger partial charge in [0.25, 0.3) is 5.56 Å². The van der Waals surface area contributed by atoms with E-state index in [9.17, 15) is 14.4 Å². The molecule has 5 nitrogen and oxygen atoms in total. The Morgan fingerprint density at radius 2 is 1.73 bits per heavy atom. The average Bonchev–Trinajstić information content (AvgIpc) is 3.00. The van der Waals surface area contributed by atoms with Crippen molar-refractivity contribution in [2.75, 3.05) is 5.32 Å². The minimum atomic E-state index is -0.605. The number of halogens is 1. The van der Waals surface area contributed by atoms with Crippen molar-refractivity contribution in [3.63, 3.8) is 0 Å². The van der Waals surface area contributed by atoms with E-state index in [0.717, 1.165) is 16.7 Å². The van der Waals surface area contributed by atoms with Crippen molar-refractivity contribution in [3.05, 3.63) is 83.7 Å². The number of aryl methyl sites for hydroxylation is 2. The van der Waals surface area contributed by atoms with Gasteiger partial charge in [0, 0.05) is 22.2 Å². The number of carbonyl (C=O) groups is 2. The molecular weight excluding hydrogens is 456 g/mol. The number of amides is 1. The van der Waals surface area contributed by atoms with Crippen LogP contribution in [-0.4, -0.2) is 16.3 Å². The number of thiazole rings is 1. The molecule has 0 saturated carbocycles. The average molecular weight is 483 g/mol. The number of nitrogens with one attached hydrogen (secondary N) is 1. The molecule has 0 aliphatic rings. The van der Waals surface area contributed by atoms with E-state index in [1.807, 2.05) is 65.0 Å². The van der Waals surface area contributed by atoms with Gasteiger partial charge in [0.15, 0.2) is 5.78 Å². The monoisotopic (exact) mass is 482 g/mol.